The van der Waals surface area contributed by atoms with Gasteiger partial charge in [0.15, 0.2) is 0 Å². The van der Waals surface area contributed by atoms with Crippen LogP contribution in [0.25, 0.3) is 0 Å². The highest BCUT2D eigenvalue weighted by Crippen LogP contribution is 2.51. The molecular formula is C10H19N. The Morgan fingerprint density at radius 1 is 1.36 bits per heavy atom. The first-order valence-corrected chi connectivity index (χ1v) is 5.12. The van der Waals surface area contributed by atoms with Crippen LogP contribution >= 0.6 is 0 Å². The van der Waals surface area contributed by atoms with Gasteiger partial charge in [0.1, 0.15) is 0 Å². The SMILES string of the molecule is CCNCC1CC1C1CCC1. The molecule has 0 saturated heterocycles. The molecule has 0 aromatic heterocycles. The summed E-state index contributed by atoms with van der Waals surface area (Å²) in [4.78, 5) is 0. The number of nitrogens with one attached hydrogen (secondary N) is 1. The van der Waals surface area contributed by atoms with Crippen LogP contribution < -0.4 is 5.32 Å². The molecule has 11 heavy (non-hydrogen) atoms. The lowest BCUT2D eigenvalue weighted by atomic mass is 9.81. The van der Waals surface area contributed by atoms with Gasteiger partial charge in [-0.15, -0.1) is 0 Å². The third kappa shape index (κ3) is 1.58. The summed E-state index contributed by atoms with van der Waals surface area (Å²) in [6, 6.07) is 0. The normalized spacial score (nSPS) is 36.8. The minimum Gasteiger partial charge on any atom is -0.317 e. The van der Waals surface area contributed by atoms with Crippen LogP contribution in [0.2, 0.25) is 0 Å². The second-order valence-corrected chi connectivity index (χ2v) is 4.16. The van der Waals surface area contributed by atoms with Crippen LogP contribution in [0.15, 0.2) is 0 Å². The summed E-state index contributed by atoms with van der Waals surface area (Å²) in [6.07, 6.45) is 6.10. The molecule has 0 aliphatic heterocycles. The fraction of sp³-hybridized carbons (Fsp3) is 1.00. The van der Waals surface area contributed by atoms with Gasteiger partial charge in [0.25, 0.3) is 0 Å². The Morgan fingerprint density at radius 2 is 2.18 bits per heavy atom. The Hall–Kier alpha value is -0.0400. The standard InChI is InChI=1S/C10H19N/c1-2-11-7-9-6-10(9)8-4-3-5-8/h8-11H,2-7H2,1H3. The smallest absolute Gasteiger partial charge is 0.00178 e. The second kappa shape index (κ2) is 3.14. The van der Waals surface area contributed by atoms with Crippen LogP contribution in [0.5, 0.6) is 0 Å². The topological polar surface area (TPSA) is 12.0 Å². The maximum atomic E-state index is 3.44. The van der Waals surface area contributed by atoms with Gasteiger partial charge in [-0.3, -0.25) is 0 Å². The van der Waals surface area contributed by atoms with Crippen LogP contribution in [0.4, 0.5) is 0 Å². The van der Waals surface area contributed by atoms with E-state index in [1.54, 1.807) is 0 Å². The van der Waals surface area contributed by atoms with Gasteiger partial charge in [0.2, 0.25) is 0 Å². The molecule has 0 spiro atoms. The molecule has 0 aromatic carbocycles. The lowest BCUT2D eigenvalue weighted by Gasteiger charge is -2.25. The molecule has 0 amide bonds. The number of hydrogen-bond donors (Lipinski definition) is 1. The van der Waals surface area contributed by atoms with Gasteiger partial charge >= 0.3 is 0 Å². The van der Waals surface area contributed by atoms with E-state index in [-0.39, 0.29) is 0 Å². The average Bonchev–Trinajstić information content (AvgIpc) is 2.60. The summed E-state index contributed by atoms with van der Waals surface area (Å²) < 4.78 is 0. The molecule has 0 heterocycles. The molecule has 0 bridgehead atoms. The van der Waals surface area contributed by atoms with Gasteiger partial charge in [-0.25, -0.2) is 0 Å². The van der Waals surface area contributed by atoms with E-state index in [9.17, 15) is 0 Å². The molecule has 1 heteroatoms. The van der Waals surface area contributed by atoms with E-state index < -0.39 is 0 Å². The van der Waals surface area contributed by atoms with E-state index in [2.05, 4.69) is 12.2 Å². The van der Waals surface area contributed by atoms with Crippen LogP contribution in [0.1, 0.15) is 32.6 Å². The molecule has 2 aliphatic rings. The maximum absolute atomic E-state index is 3.44. The first-order chi connectivity index (χ1) is 5.42. The lowest BCUT2D eigenvalue weighted by Crippen LogP contribution is -2.20. The summed E-state index contributed by atoms with van der Waals surface area (Å²) in [5.74, 6) is 3.32. The van der Waals surface area contributed by atoms with Gasteiger partial charge < -0.3 is 5.32 Å². The second-order valence-electron chi connectivity index (χ2n) is 4.16. The van der Waals surface area contributed by atoms with E-state index in [1.807, 2.05) is 0 Å². The Morgan fingerprint density at radius 3 is 2.73 bits per heavy atom. The van der Waals surface area contributed by atoms with Gasteiger partial charge in [0.05, 0.1) is 0 Å². The van der Waals surface area contributed by atoms with Crippen molar-refractivity contribution < 1.29 is 0 Å². The minimum atomic E-state index is 1.06. The predicted octanol–water partition coefficient (Wildman–Crippen LogP) is 2.03. The molecule has 2 rings (SSSR count). The summed E-state index contributed by atoms with van der Waals surface area (Å²) in [5.41, 5.74) is 0. The molecule has 2 aliphatic carbocycles. The van der Waals surface area contributed by atoms with Crippen molar-refractivity contribution in [3.8, 4) is 0 Å². The van der Waals surface area contributed by atoms with Crippen LogP contribution in [-0.4, -0.2) is 13.1 Å². The zero-order valence-electron chi connectivity index (χ0n) is 7.47. The molecule has 2 saturated carbocycles. The third-order valence-electron chi connectivity index (χ3n) is 3.39. The summed E-state index contributed by atoms with van der Waals surface area (Å²) >= 11 is 0. The van der Waals surface area contributed by atoms with Crippen molar-refractivity contribution >= 4 is 0 Å². The fourth-order valence-electron chi connectivity index (χ4n) is 2.28. The van der Waals surface area contributed by atoms with Crippen LogP contribution in [-0.2, 0) is 0 Å². The van der Waals surface area contributed by atoms with Crippen LogP contribution in [0, 0.1) is 17.8 Å². The monoisotopic (exact) mass is 153 g/mol. The molecule has 0 radical (unpaired) electrons. The summed E-state index contributed by atoms with van der Waals surface area (Å²) in [6.45, 7) is 4.63. The Kier molecular flexibility index (Phi) is 2.17. The zero-order chi connectivity index (χ0) is 7.68. The number of hydrogen-bond acceptors (Lipinski definition) is 1. The molecule has 2 atom stereocenters. The van der Waals surface area contributed by atoms with E-state index in [1.165, 1.54) is 32.2 Å². The molecule has 2 fully saturated rings. The van der Waals surface area contributed by atoms with E-state index >= 15 is 0 Å². The van der Waals surface area contributed by atoms with Crippen molar-refractivity contribution in [3.05, 3.63) is 0 Å². The maximum Gasteiger partial charge on any atom is -0.00178 e. The Bertz CT molecular complexity index is 129. The van der Waals surface area contributed by atoms with Crippen molar-refractivity contribution in [3.63, 3.8) is 0 Å². The Balaban J connectivity index is 1.61. The summed E-state index contributed by atoms with van der Waals surface area (Å²) in [7, 11) is 0. The van der Waals surface area contributed by atoms with Crippen molar-refractivity contribution in [2.45, 2.75) is 32.6 Å². The highest BCUT2D eigenvalue weighted by molar-refractivity contribution is 4.94. The first kappa shape index (κ1) is 7.60. The Labute approximate surface area is 69.6 Å². The highest BCUT2D eigenvalue weighted by atomic mass is 14.9. The van der Waals surface area contributed by atoms with Gasteiger partial charge in [-0.05, 0) is 37.3 Å². The van der Waals surface area contributed by atoms with Gasteiger partial charge in [-0.2, -0.15) is 0 Å². The molecule has 0 aromatic rings. The summed E-state index contributed by atoms with van der Waals surface area (Å²) in [5, 5.41) is 3.44. The highest BCUT2D eigenvalue weighted by Gasteiger charge is 2.43. The lowest BCUT2D eigenvalue weighted by molar-refractivity contribution is 0.264. The van der Waals surface area contributed by atoms with Crippen LogP contribution in [0.3, 0.4) is 0 Å². The molecular weight excluding hydrogens is 134 g/mol. The largest absolute Gasteiger partial charge is 0.317 e. The van der Waals surface area contributed by atoms with Gasteiger partial charge in [-0.1, -0.05) is 26.2 Å². The van der Waals surface area contributed by atoms with E-state index in [0.717, 1.165) is 24.3 Å². The van der Waals surface area contributed by atoms with Crippen molar-refractivity contribution in [1.29, 1.82) is 0 Å². The van der Waals surface area contributed by atoms with E-state index in [0.29, 0.717) is 0 Å². The zero-order valence-corrected chi connectivity index (χ0v) is 7.47. The molecule has 2 unspecified atom stereocenters. The van der Waals surface area contributed by atoms with Gasteiger partial charge in [0, 0.05) is 0 Å². The third-order valence-corrected chi connectivity index (χ3v) is 3.39. The molecule has 1 nitrogen and oxygen atoms in total. The van der Waals surface area contributed by atoms with Crippen molar-refractivity contribution in [2.24, 2.45) is 17.8 Å². The first-order valence-electron chi connectivity index (χ1n) is 5.12. The minimum absolute atomic E-state index is 1.06. The average molecular weight is 153 g/mol. The fourth-order valence-corrected chi connectivity index (χ4v) is 2.28. The predicted molar refractivity (Wildman–Crippen MR) is 47.5 cm³/mol. The molecule has 1 N–H and O–H groups in total. The molecule has 64 valence electrons. The quantitative estimate of drug-likeness (QED) is 0.651. The number of rotatable bonds is 4. The van der Waals surface area contributed by atoms with Crippen molar-refractivity contribution in [1.82, 2.24) is 5.32 Å². The van der Waals surface area contributed by atoms with Crippen molar-refractivity contribution in [2.75, 3.05) is 13.1 Å². The van der Waals surface area contributed by atoms with E-state index in [4.69, 9.17) is 0 Å².